The fourth-order valence-corrected chi connectivity index (χ4v) is 2.43. The van der Waals surface area contributed by atoms with E-state index in [0.29, 0.717) is 16.5 Å². The summed E-state index contributed by atoms with van der Waals surface area (Å²) >= 11 is 0. The zero-order chi connectivity index (χ0) is 15.7. The van der Waals surface area contributed by atoms with E-state index in [1.54, 1.807) is 36.4 Å². The molecular formula is C17H16N2O3. The molecule has 0 bridgehead atoms. The quantitative estimate of drug-likeness (QED) is 0.773. The van der Waals surface area contributed by atoms with E-state index in [0.717, 1.165) is 10.1 Å². The van der Waals surface area contributed by atoms with Crippen molar-refractivity contribution in [3.63, 3.8) is 0 Å². The molecule has 0 saturated carbocycles. The lowest BCUT2D eigenvalue weighted by atomic mass is 10.1. The van der Waals surface area contributed by atoms with Crippen LogP contribution in [-0.2, 0) is 6.54 Å². The van der Waals surface area contributed by atoms with E-state index in [-0.39, 0.29) is 6.54 Å². The topological polar surface area (TPSA) is 75.1 Å². The molecule has 3 aromatic rings. The summed E-state index contributed by atoms with van der Waals surface area (Å²) in [5, 5.41) is 10.7. The third kappa shape index (κ3) is 2.58. The number of hydrogen-bond donors (Lipinski definition) is 2. The number of aromatic nitrogens is 2. The number of aryl methyl sites for hydroxylation is 1. The van der Waals surface area contributed by atoms with Crippen molar-refractivity contribution in [1.82, 2.24) is 9.55 Å². The number of aliphatic hydroxyl groups excluding tert-OH is 1. The maximum Gasteiger partial charge on any atom is 0.328 e. The van der Waals surface area contributed by atoms with Gasteiger partial charge in [-0.2, -0.15) is 0 Å². The number of H-pyrrole nitrogens is 1. The standard InChI is InChI=1S/C17H16N2O3/c1-11-6-8-12(9-7-11)15(20)10-19-16(21)13-4-2-3-5-14(13)18-17(19)22/h2-9,15,20H,10H2,1H3,(H,18,22)/t15-/m1/s1. The van der Waals surface area contributed by atoms with Crippen LogP contribution in [0.4, 0.5) is 0 Å². The molecule has 0 aliphatic rings. The van der Waals surface area contributed by atoms with Crippen LogP contribution in [0.5, 0.6) is 0 Å². The molecule has 0 amide bonds. The molecule has 1 aromatic heterocycles. The number of nitrogens with zero attached hydrogens (tertiary/aromatic N) is 1. The molecule has 112 valence electrons. The number of aliphatic hydroxyl groups is 1. The van der Waals surface area contributed by atoms with E-state index >= 15 is 0 Å². The number of benzene rings is 2. The van der Waals surface area contributed by atoms with Crippen molar-refractivity contribution in [2.24, 2.45) is 0 Å². The Morgan fingerprint density at radius 2 is 1.77 bits per heavy atom. The summed E-state index contributed by atoms with van der Waals surface area (Å²) in [5.41, 5.74) is 1.33. The molecule has 0 aliphatic carbocycles. The summed E-state index contributed by atoms with van der Waals surface area (Å²) in [6.45, 7) is 1.87. The Balaban J connectivity index is 2.02. The molecular weight excluding hydrogens is 280 g/mol. The highest BCUT2D eigenvalue weighted by Gasteiger charge is 2.13. The summed E-state index contributed by atoms with van der Waals surface area (Å²) in [7, 11) is 0. The predicted octanol–water partition coefficient (Wildman–Crippen LogP) is 1.73. The van der Waals surface area contributed by atoms with Gasteiger partial charge in [-0.05, 0) is 24.6 Å². The van der Waals surface area contributed by atoms with Gasteiger partial charge in [0.05, 0.1) is 23.6 Å². The maximum atomic E-state index is 12.4. The predicted molar refractivity (Wildman–Crippen MR) is 85.0 cm³/mol. The highest BCUT2D eigenvalue weighted by molar-refractivity contribution is 5.76. The van der Waals surface area contributed by atoms with Gasteiger partial charge in [0.1, 0.15) is 0 Å². The Hall–Kier alpha value is -2.66. The molecule has 22 heavy (non-hydrogen) atoms. The number of nitrogens with one attached hydrogen (secondary N) is 1. The second kappa shape index (κ2) is 5.61. The van der Waals surface area contributed by atoms with Crippen molar-refractivity contribution in [1.29, 1.82) is 0 Å². The first kappa shape index (κ1) is 14.3. The Kier molecular flexibility index (Phi) is 3.65. The SMILES string of the molecule is Cc1ccc([C@H](O)Cn2c(=O)[nH]c3ccccc3c2=O)cc1. The van der Waals surface area contributed by atoms with E-state index in [2.05, 4.69) is 4.98 Å². The van der Waals surface area contributed by atoms with E-state index in [1.165, 1.54) is 0 Å². The number of fused-ring (bicyclic) bond motifs is 1. The molecule has 0 radical (unpaired) electrons. The van der Waals surface area contributed by atoms with Crippen LogP contribution in [0.1, 0.15) is 17.2 Å². The van der Waals surface area contributed by atoms with Crippen LogP contribution in [0.25, 0.3) is 10.9 Å². The molecule has 1 heterocycles. The minimum atomic E-state index is -0.916. The molecule has 0 aliphatic heterocycles. The van der Waals surface area contributed by atoms with Crippen LogP contribution >= 0.6 is 0 Å². The smallest absolute Gasteiger partial charge is 0.328 e. The first-order chi connectivity index (χ1) is 10.6. The van der Waals surface area contributed by atoms with Crippen molar-refractivity contribution >= 4 is 10.9 Å². The highest BCUT2D eigenvalue weighted by Crippen LogP contribution is 2.14. The fraction of sp³-hybridized carbons (Fsp3) is 0.176. The van der Waals surface area contributed by atoms with E-state index in [1.807, 2.05) is 19.1 Å². The van der Waals surface area contributed by atoms with Gasteiger partial charge in [-0.25, -0.2) is 4.79 Å². The molecule has 5 nitrogen and oxygen atoms in total. The third-order valence-electron chi connectivity index (χ3n) is 3.71. The molecule has 3 rings (SSSR count). The molecule has 1 atom stereocenters. The van der Waals surface area contributed by atoms with Gasteiger partial charge in [-0.3, -0.25) is 9.36 Å². The van der Waals surface area contributed by atoms with Gasteiger partial charge < -0.3 is 10.1 Å². The summed E-state index contributed by atoms with van der Waals surface area (Å²) < 4.78 is 1.03. The Morgan fingerprint density at radius 1 is 1.09 bits per heavy atom. The summed E-state index contributed by atoms with van der Waals surface area (Å²) in [4.78, 5) is 27.1. The molecule has 2 aromatic carbocycles. The molecule has 0 fully saturated rings. The van der Waals surface area contributed by atoms with Crippen LogP contribution in [0, 0.1) is 6.92 Å². The largest absolute Gasteiger partial charge is 0.387 e. The van der Waals surface area contributed by atoms with Crippen LogP contribution in [0.3, 0.4) is 0 Å². The molecule has 0 unspecified atom stereocenters. The first-order valence-corrected chi connectivity index (χ1v) is 7.03. The van der Waals surface area contributed by atoms with Gasteiger partial charge in [0.15, 0.2) is 0 Å². The van der Waals surface area contributed by atoms with Crippen molar-refractivity contribution in [2.75, 3.05) is 0 Å². The molecule has 2 N–H and O–H groups in total. The van der Waals surface area contributed by atoms with Gasteiger partial charge in [-0.1, -0.05) is 42.0 Å². The normalized spacial score (nSPS) is 12.5. The van der Waals surface area contributed by atoms with Crippen molar-refractivity contribution in [3.8, 4) is 0 Å². The lowest BCUT2D eigenvalue weighted by Crippen LogP contribution is -2.36. The van der Waals surface area contributed by atoms with Gasteiger partial charge in [0, 0.05) is 0 Å². The van der Waals surface area contributed by atoms with Gasteiger partial charge in [0.2, 0.25) is 0 Å². The fourth-order valence-electron chi connectivity index (χ4n) is 2.43. The molecule has 0 spiro atoms. The van der Waals surface area contributed by atoms with Gasteiger partial charge >= 0.3 is 5.69 Å². The van der Waals surface area contributed by atoms with E-state index in [4.69, 9.17) is 0 Å². The minimum absolute atomic E-state index is 0.0813. The summed E-state index contributed by atoms with van der Waals surface area (Å²) in [6, 6.07) is 14.2. The number of rotatable bonds is 3. The Labute approximate surface area is 126 Å². The second-order valence-electron chi connectivity index (χ2n) is 5.32. The average Bonchev–Trinajstić information content (AvgIpc) is 2.52. The number of para-hydroxylation sites is 1. The molecule has 0 saturated heterocycles. The van der Waals surface area contributed by atoms with Crippen LogP contribution in [-0.4, -0.2) is 14.7 Å². The second-order valence-corrected chi connectivity index (χ2v) is 5.32. The van der Waals surface area contributed by atoms with Crippen LogP contribution < -0.4 is 11.2 Å². The van der Waals surface area contributed by atoms with E-state index in [9.17, 15) is 14.7 Å². The Bertz CT molecular complexity index is 923. The maximum absolute atomic E-state index is 12.4. The minimum Gasteiger partial charge on any atom is -0.387 e. The van der Waals surface area contributed by atoms with Gasteiger partial charge in [-0.15, -0.1) is 0 Å². The Morgan fingerprint density at radius 3 is 2.50 bits per heavy atom. The monoisotopic (exact) mass is 296 g/mol. The van der Waals surface area contributed by atoms with E-state index < -0.39 is 17.4 Å². The zero-order valence-electron chi connectivity index (χ0n) is 12.1. The van der Waals surface area contributed by atoms with Crippen LogP contribution in [0.2, 0.25) is 0 Å². The lowest BCUT2D eigenvalue weighted by Gasteiger charge is -2.13. The highest BCUT2D eigenvalue weighted by atomic mass is 16.3. The summed E-state index contributed by atoms with van der Waals surface area (Å²) in [6.07, 6.45) is -0.916. The van der Waals surface area contributed by atoms with Crippen LogP contribution in [0.15, 0.2) is 58.1 Å². The van der Waals surface area contributed by atoms with Crippen molar-refractivity contribution in [2.45, 2.75) is 19.6 Å². The number of hydrogen-bond acceptors (Lipinski definition) is 3. The number of aromatic amines is 1. The lowest BCUT2D eigenvalue weighted by molar-refractivity contribution is 0.153. The summed E-state index contributed by atoms with van der Waals surface area (Å²) in [5.74, 6) is 0. The molecule has 5 heteroatoms. The van der Waals surface area contributed by atoms with Gasteiger partial charge in [0.25, 0.3) is 5.56 Å². The van der Waals surface area contributed by atoms with Crippen molar-refractivity contribution in [3.05, 3.63) is 80.5 Å². The third-order valence-corrected chi connectivity index (χ3v) is 3.71. The van der Waals surface area contributed by atoms with Crippen molar-refractivity contribution < 1.29 is 5.11 Å². The zero-order valence-corrected chi connectivity index (χ0v) is 12.1. The first-order valence-electron chi connectivity index (χ1n) is 7.03. The average molecular weight is 296 g/mol.